The van der Waals surface area contributed by atoms with Crippen LogP contribution >= 0.6 is 15.9 Å². The maximum absolute atomic E-state index is 12.5. The van der Waals surface area contributed by atoms with Crippen LogP contribution in [0.5, 0.6) is 5.75 Å². The summed E-state index contributed by atoms with van der Waals surface area (Å²) in [5, 5.41) is 2.98. The number of carbonyl (C=O) groups excluding carboxylic acids is 2. The number of anilines is 1. The van der Waals surface area contributed by atoms with Gasteiger partial charge in [-0.15, -0.1) is 0 Å². The van der Waals surface area contributed by atoms with Crippen molar-refractivity contribution in [2.75, 3.05) is 18.1 Å². The van der Waals surface area contributed by atoms with Gasteiger partial charge in [0.15, 0.2) is 6.61 Å². The molecule has 3 rings (SSSR count). The Balaban J connectivity index is 1.73. The number of nitrogens with one attached hydrogen (secondary N) is 1. The van der Waals surface area contributed by atoms with Crippen molar-refractivity contribution in [1.29, 1.82) is 0 Å². The Bertz CT molecular complexity index is 846. The summed E-state index contributed by atoms with van der Waals surface area (Å²) < 4.78 is 6.31. The molecule has 2 aromatic carbocycles. The highest BCUT2D eigenvalue weighted by Gasteiger charge is 2.27. The first-order valence-corrected chi connectivity index (χ1v) is 9.23. The van der Waals surface area contributed by atoms with Gasteiger partial charge in [-0.1, -0.05) is 45.3 Å². The van der Waals surface area contributed by atoms with Crippen LogP contribution in [0, 0.1) is 13.8 Å². The molecule has 6 heteroatoms. The second-order valence-corrected chi connectivity index (χ2v) is 7.51. The van der Waals surface area contributed by atoms with Crippen molar-refractivity contribution >= 4 is 33.4 Å². The predicted octanol–water partition coefficient (Wildman–Crippen LogP) is 3.67. The van der Waals surface area contributed by atoms with Gasteiger partial charge >= 0.3 is 0 Å². The van der Waals surface area contributed by atoms with Gasteiger partial charge in [-0.3, -0.25) is 14.5 Å². The summed E-state index contributed by atoms with van der Waals surface area (Å²) in [6.45, 7) is 5.91. The molecule has 0 saturated heterocycles. The van der Waals surface area contributed by atoms with Crippen LogP contribution in [-0.4, -0.2) is 25.0 Å². The number of aryl methyl sites for hydroxylation is 2. The number of benzene rings is 2. The summed E-state index contributed by atoms with van der Waals surface area (Å²) in [6, 6.07) is 11.5. The Kier molecular flexibility index (Phi) is 5.32. The maximum atomic E-state index is 12.5. The van der Waals surface area contributed by atoms with E-state index in [9.17, 15) is 9.59 Å². The van der Waals surface area contributed by atoms with Gasteiger partial charge in [-0.25, -0.2) is 0 Å². The van der Waals surface area contributed by atoms with Crippen molar-refractivity contribution < 1.29 is 14.3 Å². The normalized spacial score (nSPS) is 14.5. The van der Waals surface area contributed by atoms with Crippen molar-refractivity contribution in [1.82, 2.24) is 5.32 Å². The van der Waals surface area contributed by atoms with Gasteiger partial charge < -0.3 is 10.1 Å². The van der Waals surface area contributed by atoms with E-state index in [-0.39, 0.29) is 31.0 Å². The van der Waals surface area contributed by atoms with Crippen LogP contribution in [0.2, 0.25) is 0 Å². The first kappa shape index (κ1) is 18.5. The number of fused-ring (bicyclic) bond motifs is 1. The number of rotatable bonds is 4. The summed E-state index contributed by atoms with van der Waals surface area (Å²) in [7, 11) is 0. The molecule has 26 heavy (non-hydrogen) atoms. The van der Waals surface area contributed by atoms with E-state index >= 15 is 0 Å². The Morgan fingerprint density at radius 2 is 1.92 bits per heavy atom. The number of nitrogens with zero attached hydrogens (tertiary/aromatic N) is 1. The topological polar surface area (TPSA) is 58.6 Å². The molecular formula is C20H21BrN2O3. The molecule has 0 radical (unpaired) electrons. The van der Waals surface area contributed by atoms with Crippen molar-refractivity contribution in [2.45, 2.75) is 26.8 Å². The smallest absolute Gasteiger partial charge is 0.265 e. The lowest BCUT2D eigenvalue weighted by Crippen LogP contribution is -2.45. The zero-order valence-electron chi connectivity index (χ0n) is 15.0. The van der Waals surface area contributed by atoms with E-state index in [4.69, 9.17) is 4.74 Å². The van der Waals surface area contributed by atoms with Crippen LogP contribution in [-0.2, 0) is 9.59 Å². The van der Waals surface area contributed by atoms with E-state index in [0.29, 0.717) is 11.4 Å². The predicted molar refractivity (Wildman–Crippen MR) is 104 cm³/mol. The van der Waals surface area contributed by atoms with Crippen LogP contribution in [0.1, 0.15) is 29.7 Å². The van der Waals surface area contributed by atoms with Crippen molar-refractivity contribution in [2.24, 2.45) is 0 Å². The SMILES string of the molecule is Cc1cc(C)cc(C(C)NC(=O)CN2C(=O)COc3cc(Br)ccc32)c1. The Hall–Kier alpha value is -2.34. The third kappa shape index (κ3) is 4.07. The molecule has 1 atom stereocenters. The van der Waals surface area contributed by atoms with Crippen LogP contribution in [0.15, 0.2) is 40.9 Å². The molecule has 0 aromatic heterocycles. The molecule has 5 nitrogen and oxygen atoms in total. The molecule has 2 amide bonds. The van der Waals surface area contributed by atoms with Gasteiger partial charge in [-0.05, 0) is 44.5 Å². The van der Waals surface area contributed by atoms with Crippen molar-refractivity contribution in [3.05, 3.63) is 57.6 Å². The summed E-state index contributed by atoms with van der Waals surface area (Å²) in [5.41, 5.74) is 3.97. The van der Waals surface area contributed by atoms with Crippen LogP contribution < -0.4 is 15.0 Å². The average molecular weight is 417 g/mol. The quantitative estimate of drug-likeness (QED) is 0.826. The summed E-state index contributed by atoms with van der Waals surface area (Å²) >= 11 is 3.38. The van der Waals surface area contributed by atoms with Gasteiger partial charge in [0.1, 0.15) is 12.3 Å². The van der Waals surface area contributed by atoms with Crippen LogP contribution in [0.4, 0.5) is 5.69 Å². The first-order chi connectivity index (χ1) is 12.3. The number of ether oxygens (including phenoxy) is 1. The van der Waals surface area contributed by atoms with Crippen molar-refractivity contribution in [3.8, 4) is 5.75 Å². The van der Waals surface area contributed by atoms with E-state index < -0.39 is 0 Å². The standard InChI is InChI=1S/C20H21BrN2O3/c1-12-6-13(2)8-15(7-12)14(3)22-19(24)10-23-17-5-4-16(21)9-18(17)26-11-20(23)25/h4-9,14H,10-11H2,1-3H3,(H,22,24). The first-order valence-electron chi connectivity index (χ1n) is 8.44. The minimum atomic E-state index is -0.228. The lowest BCUT2D eigenvalue weighted by molar-refractivity contribution is -0.125. The fourth-order valence-electron chi connectivity index (χ4n) is 3.13. The molecule has 1 unspecified atom stereocenters. The number of hydrogen-bond acceptors (Lipinski definition) is 3. The molecule has 0 aliphatic carbocycles. The molecule has 0 fully saturated rings. The minimum Gasteiger partial charge on any atom is -0.482 e. The molecule has 1 aliphatic heterocycles. The molecular weight excluding hydrogens is 396 g/mol. The number of hydrogen-bond donors (Lipinski definition) is 1. The van der Waals surface area contributed by atoms with Crippen LogP contribution in [0.25, 0.3) is 0 Å². The van der Waals surface area contributed by atoms with E-state index in [0.717, 1.165) is 21.2 Å². The molecule has 0 spiro atoms. The van der Waals surface area contributed by atoms with Crippen molar-refractivity contribution in [3.63, 3.8) is 0 Å². The molecule has 0 saturated carbocycles. The Morgan fingerprint density at radius 1 is 1.23 bits per heavy atom. The van der Waals surface area contributed by atoms with E-state index in [1.54, 1.807) is 12.1 Å². The molecule has 1 aliphatic rings. The third-order valence-corrected chi connectivity index (χ3v) is 4.78. The second kappa shape index (κ2) is 7.50. The number of carbonyl (C=O) groups is 2. The lowest BCUT2D eigenvalue weighted by atomic mass is 10.0. The molecule has 2 aromatic rings. The molecule has 1 heterocycles. The fraction of sp³-hybridized carbons (Fsp3) is 0.300. The van der Waals surface area contributed by atoms with Gasteiger partial charge in [-0.2, -0.15) is 0 Å². The van der Waals surface area contributed by atoms with Gasteiger partial charge in [0, 0.05) is 4.47 Å². The van der Waals surface area contributed by atoms with Gasteiger partial charge in [0.25, 0.3) is 5.91 Å². The summed E-state index contributed by atoms with van der Waals surface area (Å²) in [5.74, 6) is 0.156. The largest absolute Gasteiger partial charge is 0.482 e. The second-order valence-electron chi connectivity index (χ2n) is 6.59. The molecule has 1 N–H and O–H groups in total. The van der Waals surface area contributed by atoms with E-state index in [1.807, 2.05) is 26.8 Å². The van der Waals surface area contributed by atoms with E-state index in [1.165, 1.54) is 4.90 Å². The average Bonchev–Trinajstić information content (AvgIpc) is 2.56. The number of halogens is 1. The number of amides is 2. The third-order valence-electron chi connectivity index (χ3n) is 4.29. The van der Waals surface area contributed by atoms with E-state index in [2.05, 4.69) is 39.4 Å². The highest BCUT2D eigenvalue weighted by Crippen LogP contribution is 2.34. The molecule has 136 valence electrons. The lowest BCUT2D eigenvalue weighted by Gasteiger charge is -2.29. The fourth-order valence-corrected chi connectivity index (χ4v) is 3.47. The summed E-state index contributed by atoms with van der Waals surface area (Å²) in [6.07, 6.45) is 0. The Labute approximate surface area is 161 Å². The highest BCUT2D eigenvalue weighted by atomic mass is 79.9. The monoisotopic (exact) mass is 416 g/mol. The van der Waals surface area contributed by atoms with Gasteiger partial charge in [0.2, 0.25) is 5.91 Å². The van der Waals surface area contributed by atoms with Crippen LogP contribution in [0.3, 0.4) is 0 Å². The zero-order chi connectivity index (χ0) is 18.8. The van der Waals surface area contributed by atoms with Gasteiger partial charge in [0.05, 0.1) is 11.7 Å². The molecule has 0 bridgehead atoms. The minimum absolute atomic E-state index is 0.0358. The summed E-state index contributed by atoms with van der Waals surface area (Å²) in [4.78, 5) is 26.2. The zero-order valence-corrected chi connectivity index (χ0v) is 16.6. The highest BCUT2D eigenvalue weighted by molar-refractivity contribution is 9.10. The Morgan fingerprint density at radius 3 is 2.62 bits per heavy atom. The maximum Gasteiger partial charge on any atom is 0.265 e.